The molecule has 84 valence electrons. The lowest BCUT2D eigenvalue weighted by molar-refractivity contribution is -0.136. The number of carboxylic acids is 1. The summed E-state index contributed by atoms with van der Waals surface area (Å²) in [6.07, 6.45) is -0.0314. The summed E-state index contributed by atoms with van der Waals surface area (Å²) in [6, 6.07) is 3.73. The first-order chi connectivity index (χ1) is 7.63. The molecule has 1 aromatic carbocycles. The standard InChI is InChI=1S/C11H8BrClO2S/c12-4-7-5-16-11-8(7)2-1-6(10(11)13)3-9(14)15/h1-2,5H,3-4H2,(H,14,15). The van der Waals surface area contributed by atoms with Crippen molar-refractivity contribution in [2.75, 3.05) is 0 Å². The Labute approximate surface area is 110 Å². The Hall–Kier alpha value is -0.580. The van der Waals surface area contributed by atoms with E-state index in [1.165, 1.54) is 5.56 Å². The number of benzene rings is 1. The molecule has 1 N–H and O–H groups in total. The summed E-state index contributed by atoms with van der Waals surface area (Å²) in [7, 11) is 0. The van der Waals surface area contributed by atoms with Crippen LogP contribution in [0.4, 0.5) is 0 Å². The van der Waals surface area contributed by atoms with E-state index in [9.17, 15) is 4.79 Å². The molecule has 5 heteroatoms. The smallest absolute Gasteiger partial charge is 0.307 e. The van der Waals surface area contributed by atoms with E-state index in [-0.39, 0.29) is 6.42 Å². The van der Waals surface area contributed by atoms with Crippen LogP contribution in [-0.4, -0.2) is 11.1 Å². The fourth-order valence-electron chi connectivity index (χ4n) is 1.56. The van der Waals surface area contributed by atoms with E-state index >= 15 is 0 Å². The molecule has 1 heterocycles. The number of fused-ring (bicyclic) bond motifs is 1. The highest BCUT2D eigenvalue weighted by Crippen LogP contribution is 2.35. The van der Waals surface area contributed by atoms with Gasteiger partial charge in [0.25, 0.3) is 0 Å². The molecule has 1 aromatic heterocycles. The average molecular weight is 320 g/mol. The Morgan fingerprint density at radius 3 is 2.81 bits per heavy atom. The molecule has 0 bridgehead atoms. The SMILES string of the molecule is O=C(O)Cc1ccc2c(CBr)csc2c1Cl. The molecule has 0 aliphatic rings. The second-order valence-electron chi connectivity index (χ2n) is 3.38. The van der Waals surface area contributed by atoms with Crippen molar-refractivity contribution in [1.82, 2.24) is 0 Å². The van der Waals surface area contributed by atoms with Crippen LogP contribution in [0.2, 0.25) is 5.02 Å². The minimum absolute atomic E-state index is 0.0314. The number of thiophene rings is 1. The first-order valence-electron chi connectivity index (χ1n) is 4.58. The van der Waals surface area contributed by atoms with Gasteiger partial charge >= 0.3 is 5.97 Å². The number of halogens is 2. The van der Waals surface area contributed by atoms with E-state index in [4.69, 9.17) is 16.7 Å². The van der Waals surface area contributed by atoms with Crippen molar-refractivity contribution in [3.8, 4) is 0 Å². The summed E-state index contributed by atoms with van der Waals surface area (Å²) < 4.78 is 0.967. The van der Waals surface area contributed by atoms with Crippen LogP contribution in [0.15, 0.2) is 17.5 Å². The van der Waals surface area contributed by atoms with Gasteiger partial charge in [0.05, 0.1) is 16.1 Å². The molecule has 0 fully saturated rings. The third-order valence-corrected chi connectivity index (χ3v) is 4.54. The van der Waals surface area contributed by atoms with Crippen molar-refractivity contribution < 1.29 is 9.90 Å². The number of hydrogen-bond donors (Lipinski definition) is 1. The zero-order valence-corrected chi connectivity index (χ0v) is 11.3. The highest BCUT2D eigenvalue weighted by molar-refractivity contribution is 9.08. The Balaban J connectivity index is 2.57. The van der Waals surface area contributed by atoms with Crippen LogP contribution < -0.4 is 0 Å². The quantitative estimate of drug-likeness (QED) is 0.866. The predicted octanol–water partition coefficient (Wildman–Crippen LogP) is 4.08. The normalized spacial score (nSPS) is 10.9. The third kappa shape index (κ3) is 2.10. The van der Waals surface area contributed by atoms with Crippen LogP contribution in [0.5, 0.6) is 0 Å². The Kier molecular flexibility index (Phi) is 3.52. The molecule has 0 aliphatic heterocycles. The van der Waals surface area contributed by atoms with Gasteiger partial charge in [-0.3, -0.25) is 4.79 Å². The Bertz CT molecular complexity index is 550. The van der Waals surface area contributed by atoms with E-state index in [1.807, 2.05) is 11.4 Å². The minimum Gasteiger partial charge on any atom is -0.481 e. The molecular formula is C11H8BrClO2S. The summed E-state index contributed by atoms with van der Waals surface area (Å²) in [5, 5.41) is 13.2. The molecule has 0 aliphatic carbocycles. The highest BCUT2D eigenvalue weighted by atomic mass is 79.9. The molecule has 16 heavy (non-hydrogen) atoms. The minimum atomic E-state index is -0.862. The van der Waals surface area contributed by atoms with Gasteiger partial charge in [-0.2, -0.15) is 0 Å². The van der Waals surface area contributed by atoms with Gasteiger partial charge in [-0.1, -0.05) is 39.7 Å². The molecule has 2 nitrogen and oxygen atoms in total. The van der Waals surface area contributed by atoms with Crippen molar-refractivity contribution >= 4 is 54.9 Å². The lowest BCUT2D eigenvalue weighted by atomic mass is 10.1. The van der Waals surface area contributed by atoms with Gasteiger partial charge in [-0.05, 0) is 21.9 Å². The van der Waals surface area contributed by atoms with Crippen molar-refractivity contribution in [2.24, 2.45) is 0 Å². The fraction of sp³-hybridized carbons (Fsp3) is 0.182. The molecular weight excluding hydrogens is 312 g/mol. The highest BCUT2D eigenvalue weighted by Gasteiger charge is 2.12. The molecule has 2 aromatic rings. The Morgan fingerprint density at radius 2 is 2.19 bits per heavy atom. The van der Waals surface area contributed by atoms with E-state index in [0.29, 0.717) is 10.6 Å². The molecule has 0 saturated heterocycles. The van der Waals surface area contributed by atoms with Crippen LogP contribution in [0.25, 0.3) is 10.1 Å². The predicted molar refractivity (Wildman–Crippen MR) is 70.8 cm³/mol. The first kappa shape index (κ1) is 11.9. The molecule has 0 radical (unpaired) electrons. The third-order valence-electron chi connectivity index (χ3n) is 2.33. The molecule has 0 unspecified atom stereocenters. The summed E-state index contributed by atoms with van der Waals surface area (Å²) in [6.45, 7) is 0. The van der Waals surface area contributed by atoms with E-state index in [0.717, 1.165) is 15.4 Å². The van der Waals surface area contributed by atoms with Gasteiger partial charge < -0.3 is 5.11 Å². The largest absolute Gasteiger partial charge is 0.481 e. The molecule has 0 spiro atoms. The molecule has 0 amide bonds. The maximum Gasteiger partial charge on any atom is 0.307 e. The van der Waals surface area contributed by atoms with Crippen molar-refractivity contribution in [3.05, 3.63) is 33.7 Å². The fourth-order valence-corrected chi connectivity index (χ4v) is 3.64. The number of alkyl halides is 1. The van der Waals surface area contributed by atoms with Gasteiger partial charge in [0.2, 0.25) is 0 Å². The van der Waals surface area contributed by atoms with Crippen LogP contribution in [0, 0.1) is 0 Å². The van der Waals surface area contributed by atoms with Gasteiger partial charge in [-0.15, -0.1) is 11.3 Å². The van der Waals surface area contributed by atoms with Crippen molar-refractivity contribution in [1.29, 1.82) is 0 Å². The van der Waals surface area contributed by atoms with Gasteiger partial charge in [0.1, 0.15) is 0 Å². The first-order valence-corrected chi connectivity index (χ1v) is 6.96. The number of carbonyl (C=O) groups is 1. The number of aliphatic carboxylic acids is 1. The summed E-state index contributed by atoms with van der Waals surface area (Å²) in [5.74, 6) is -0.862. The van der Waals surface area contributed by atoms with Crippen LogP contribution >= 0.6 is 38.9 Å². The zero-order chi connectivity index (χ0) is 11.7. The number of rotatable bonds is 3. The molecule has 0 saturated carbocycles. The van der Waals surface area contributed by atoms with E-state index in [1.54, 1.807) is 17.4 Å². The van der Waals surface area contributed by atoms with Gasteiger partial charge in [0, 0.05) is 5.33 Å². The number of carboxylic acid groups (broad SMARTS) is 1. The second-order valence-corrected chi connectivity index (χ2v) is 5.20. The van der Waals surface area contributed by atoms with Gasteiger partial charge in [0.15, 0.2) is 0 Å². The lowest BCUT2D eigenvalue weighted by Gasteiger charge is -2.02. The van der Waals surface area contributed by atoms with Crippen molar-refractivity contribution in [3.63, 3.8) is 0 Å². The van der Waals surface area contributed by atoms with Crippen LogP contribution in [-0.2, 0) is 16.5 Å². The number of hydrogen-bond acceptors (Lipinski definition) is 2. The summed E-state index contributed by atoms with van der Waals surface area (Å²) in [4.78, 5) is 10.7. The summed E-state index contributed by atoms with van der Waals surface area (Å²) in [5.41, 5.74) is 1.86. The molecule has 2 rings (SSSR count). The average Bonchev–Trinajstić information content (AvgIpc) is 2.65. The topological polar surface area (TPSA) is 37.3 Å². The summed E-state index contributed by atoms with van der Waals surface area (Å²) >= 11 is 11.1. The maximum atomic E-state index is 10.7. The van der Waals surface area contributed by atoms with Crippen LogP contribution in [0.1, 0.15) is 11.1 Å². The lowest BCUT2D eigenvalue weighted by Crippen LogP contribution is -2.00. The van der Waals surface area contributed by atoms with Gasteiger partial charge in [-0.25, -0.2) is 0 Å². The van der Waals surface area contributed by atoms with E-state index < -0.39 is 5.97 Å². The second kappa shape index (κ2) is 4.73. The maximum absolute atomic E-state index is 10.7. The van der Waals surface area contributed by atoms with Crippen molar-refractivity contribution in [2.45, 2.75) is 11.8 Å². The monoisotopic (exact) mass is 318 g/mol. The molecule has 0 atom stereocenters. The van der Waals surface area contributed by atoms with E-state index in [2.05, 4.69) is 15.9 Å². The Morgan fingerprint density at radius 1 is 1.44 bits per heavy atom. The zero-order valence-electron chi connectivity index (χ0n) is 8.17. The van der Waals surface area contributed by atoms with Crippen LogP contribution in [0.3, 0.4) is 0 Å².